The summed E-state index contributed by atoms with van der Waals surface area (Å²) in [6, 6.07) is 6.58. The van der Waals surface area contributed by atoms with Gasteiger partial charge in [-0.15, -0.1) is 11.3 Å². The van der Waals surface area contributed by atoms with Crippen LogP contribution in [0.3, 0.4) is 0 Å². The van der Waals surface area contributed by atoms with Crippen LogP contribution in [0.15, 0.2) is 34.1 Å². The number of hydrogen-bond donors (Lipinski definition) is 1. The van der Waals surface area contributed by atoms with E-state index in [1.54, 1.807) is 17.4 Å². The van der Waals surface area contributed by atoms with Crippen molar-refractivity contribution >= 4 is 33.9 Å². The van der Waals surface area contributed by atoms with Gasteiger partial charge in [-0.1, -0.05) is 23.7 Å². The number of fused-ring (bicyclic) bond motifs is 1. The van der Waals surface area contributed by atoms with Crippen molar-refractivity contribution in [1.29, 1.82) is 0 Å². The maximum absolute atomic E-state index is 13.7. The number of hydrogen-bond acceptors (Lipinski definition) is 3. The fourth-order valence-corrected chi connectivity index (χ4v) is 3.65. The van der Waals surface area contributed by atoms with E-state index in [-0.39, 0.29) is 17.4 Å². The molecule has 3 aromatic rings. The van der Waals surface area contributed by atoms with E-state index in [2.05, 4.69) is 5.32 Å². The molecule has 20 heavy (non-hydrogen) atoms. The van der Waals surface area contributed by atoms with E-state index in [4.69, 9.17) is 16.0 Å². The molecule has 1 unspecified atom stereocenters. The van der Waals surface area contributed by atoms with Gasteiger partial charge in [0.05, 0.1) is 5.02 Å². The van der Waals surface area contributed by atoms with Gasteiger partial charge in [0.15, 0.2) is 11.4 Å². The number of nitrogens with one attached hydrogen (secondary N) is 1. The van der Waals surface area contributed by atoms with Crippen LogP contribution in [0.1, 0.15) is 22.2 Å². The molecule has 1 aromatic carbocycles. The highest BCUT2D eigenvalue weighted by molar-refractivity contribution is 7.10. The third-order valence-corrected chi connectivity index (χ3v) is 5.05. The monoisotopic (exact) mass is 309 g/mol. The Bertz CT molecular complexity index is 764. The fraction of sp³-hybridized carbons (Fsp3) is 0.200. The molecule has 2 heterocycles. The molecule has 0 fully saturated rings. The predicted molar refractivity (Wildman–Crippen MR) is 81.1 cm³/mol. The average Bonchev–Trinajstić information content (AvgIpc) is 2.99. The van der Waals surface area contributed by atoms with Gasteiger partial charge < -0.3 is 9.73 Å². The van der Waals surface area contributed by atoms with Crippen LogP contribution in [-0.4, -0.2) is 7.05 Å². The molecule has 1 N–H and O–H groups in total. The van der Waals surface area contributed by atoms with Gasteiger partial charge in [-0.05, 0) is 37.0 Å². The van der Waals surface area contributed by atoms with Crippen LogP contribution < -0.4 is 5.32 Å². The van der Waals surface area contributed by atoms with Crippen molar-refractivity contribution in [1.82, 2.24) is 5.32 Å². The lowest BCUT2D eigenvalue weighted by Gasteiger charge is -2.12. The highest BCUT2D eigenvalue weighted by atomic mass is 35.5. The molecule has 0 aliphatic rings. The quantitative estimate of drug-likeness (QED) is 0.744. The Kier molecular flexibility index (Phi) is 3.54. The first-order valence-corrected chi connectivity index (χ1v) is 7.46. The van der Waals surface area contributed by atoms with Crippen LogP contribution >= 0.6 is 22.9 Å². The summed E-state index contributed by atoms with van der Waals surface area (Å²) in [4.78, 5) is 0.978. The maximum Gasteiger partial charge on any atom is 0.169 e. The summed E-state index contributed by atoms with van der Waals surface area (Å²) in [5.74, 6) is 0.313. The Balaban J connectivity index is 2.12. The van der Waals surface area contributed by atoms with E-state index >= 15 is 0 Å². The Morgan fingerprint density at radius 3 is 2.80 bits per heavy atom. The maximum atomic E-state index is 13.7. The number of rotatable bonds is 3. The Morgan fingerprint density at radius 1 is 1.40 bits per heavy atom. The van der Waals surface area contributed by atoms with Gasteiger partial charge in [0.25, 0.3) is 0 Å². The second-order valence-electron chi connectivity index (χ2n) is 4.63. The van der Waals surface area contributed by atoms with E-state index in [1.165, 1.54) is 6.07 Å². The Hall–Kier alpha value is -1.36. The van der Waals surface area contributed by atoms with E-state index in [9.17, 15) is 4.39 Å². The lowest BCUT2D eigenvalue weighted by atomic mass is 10.1. The molecule has 0 radical (unpaired) electrons. The summed E-state index contributed by atoms with van der Waals surface area (Å²) in [6.45, 7) is 1.97. The van der Waals surface area contributed by atoms with Gasteiger partial charge in [0.1, 0.15) is 11.8 Å². The molecule has 1 atom stereocenters. The molecular weight excluding hydrogens is 297 g/mol. The van der Waals surface area contributed by atoms with Crippen molar-refractivity contribution in [2.24, 2.45) is 0 Å². The molecular formula is C15H13ClFNOS. The lowest BCUT2D eigenvalue weighted by molar-refractivity contribution is 0.479. The van der Waals surface area contributed by atoms with Crippen molar-refractivity contribution < 1.29 is 8.81 Å². The van der Waals surface area contributed by atoms with Crippen LogP contribution in [0.4, 0.5) is 4.39 Å². The molecule has 104 valence electrons. The summed E-state index contributed by atoms with van der Waals surface area (Å²) in [6.07, 6.45) is 0. The Labute approximate surface area is 125 Å². The molecule has 2 nitrogen and oxygen atoms in total. The van der Waals surface area contributed by atoms with Gasteiger partial charge in [-0.25, -0.2) is 4.39 Å². The van der Waals surface area contributed by atoms with Crippen molar-refractivity contribution in [2.45, 2.75) is 13.0 Å². The molecule has 2 aromatic heterocycles. The van der Waals surface area contributed by atoms with Gasteiger partial charge in [-0.3, -0.25) is 0 Å². The lowest BCUT2D eigenvalue weighted by Crippen LogP contribution is -2.16. The highest BCUT2D eigenvalue weighted by Crippen LogP contribution is 2.37. The van der Waals surface area contributed by atoms with Gasteiger partial charge in [0, 0.05) is 10.3 Å². The number of halogens is 2. The molecule has 0 bridgehead atoms. The fourth-order valence-electron chi connectivity index (χ4n) is 2.24. The van der Waals surface area contributed by atoms with Crippen molar-refractivity contribution in [3.63, 3.8) is 0 Å². The minimum atomic E-state index is -0.350. The minimum absolute atomic E-state index is 0.173. The van der Waals surface area contributed by atoms with Gasteiger partial charge in [0.2, 0.25) is 0 Å². The first-order chi connectivity index (χ1) is 9.61. The van der Waals surface area contributed by atoms with E-state index in [0.717, 1.165) is 20.8 Å². The molecule has 0 saturated carbocycles. The molecule has 0 aliphatic carbocycles. The zero-order chi connectivity index (χ0) is 14.3. The largest absolute Gasteiger partial charge is 0.456 e. The normalized spacial score (nSPS) is 13.0. The second kappa shape index (κ2) is 5.20. The van der Waals surface area contributed by atoms with Gasteiger partial charge >= 0.3 is 0 Å². The average molecular weight is 310 g/mol. The number of benzene rings is 1. The smallest absolute Gasteiger partial charge is 0.169 e. The highest BCUT2D eigenvalue weighted by Gasteiger charge is 2.22. The van der Waals surface area contributed by atoms with Crippen LogP contribution in [-0.2, 0) is 0 Å². The summed E-state index contributed by atoms with van der Waals surface area (Å²) in [7, 11) is 1.83. The third kappa shape index (κ3) is 2.14. The number of furan rings is 1. The minimum Gasteiger partial charge on any atom is -0.456 e. The Morgan fingerprint density at radius 2 is 2.20 bits per heavy atom. The summed E-state index contributed by atoms with van der Waals surface area (Å²) in [5.41, 5.74) is 1.32. The number of thiophene rings is 1. The zero-order valence-corrected chi connectivity index (χ0v) is 12.6. The third-order valence-electron chi connectivity index (χ3n) is 3.28. The summed E-state index contributed by atoms with van der Waals surface area (Å²) in [5, 5.41) is 6.67. The molecule has 0 saturated heterocycles. The van der Waals surface area contributed by atoms with Crippen molar-refractivity contribution in [2.75, 3.05) is 7.05 Å². The van der Waals surface area contributed by atoms with E-state index in [0.29, 0.717) is 5.76 Å². The molecule has 3 rings (SSSR count). The second-order valence-corrected chi connectivity index (χ2v) is 5.91. The summed E-state index contributed by atoms with van der Waals surface area (Å²) < 4.78 is 19.4. The molecule has 0 aliphatic heterocycles. The number of para-hydroxylation sites is 1. The standard InChI is InChI=1S/C15H13ClFNOS/c1-8-7-20-15(12(8)16)13(18-2)11-6-9-4-3-5-10(17)14(9)19-11/h3-7,13,18H,1-2H3. The predicted octanol–water partition coefficient (Wildman–Crippen LogP) is 4.90. The topological polar surface area (TPSA) is 25.2 Å². The van der Waals surface area contributed by atoms with Crippen molar-refractivity contribution in [3.8, 4) is 0 Å². The SMILES string of the molecule is CNC(c1cc2cccc(F)c2o1)c1scc(C)c1Cl. The van der Waals surface area contributed by atoms with Gasteiger partial charge in [-0.2, -0.15) is 0 Å². The van der Waals surface area contributed by atoms with Crippen LogP contribution in [0.2, 0.25) is 5.02 Å². The first kappa shape index (κ1) is 13.6. The number of aryl methyl sites for hydroxylation is 1. The molecule has 5 heteroatoms. The molecule has 0 spiro atoms. The zero-order valence-electron chi connectivity index (χ0n) is 11.0. The first-order valence-electron chi connectivity index (χ1n) is 6.20. The van der Waals surface area contributed by atoms with Crippen LogP contribution in [0.25, 0.3) is 11.0 Å². The van der Waals surface area contributed by atoms with Crippen LogP contribution in [0, 0.1) is 12.7 Å². The van der Waals surface area contributed by atoms with E-state index < -0.39 is 0 Å². The summed E-state index contributed by atoms with van der Waals surface area (Å²) >= 11 is 7.89. The van der Waals surface area contributed by atoms with Crippen LogP contribution in [0.5, 0.6) is 0 Å². The van der Waals surface area contributed by atoms with E-state index in [1.807, 2.05) is 31.5 Å². The van der Waals surface area contributed by atoms with Crippen molar-refractivity contribution in [3.05, 3.63) is 56.7 Å². The molecule has 0 amide bonds.